The molecule has 25 heavy (non-hydrogen) atoms. The number of anilines is 1. The molecule has 0 saturated heterocycles. The lowest BCUT2D eigenvalue weighted by molar-refractivity contribution is -0.113. The molecule has 2 aromatic heterocycles. The van der Waals surface area contributed by atoms with Crippen LogP contribution in [0.2, 0.25) is 0 Å². The van der Waals surface area contributed by atoms with Crippen LogP contribution < -0.4 is 10.9 Å². The SMILES string of the molecule is O=C(CSc1nc2ccccc2o1)Nc1ccc2oc(=O)ccc2c1. The van der Waals surface area contributed by atoms with E-state index in [1.54, 1.807) is 24.3 Å². The Morgan fingerprint density at radius 1 is 1.04 bits per heavy atom. The fraction of sp³-hybridized carbons (Fsp3) is 0.0556. The second-order valence-corrected chi connectivity index (χ2v) is 6.22. The van der Waals surface area contributed by atoms with Crippen molar-refractivity contribution in [2.45, 2.75) is 5.22 Å². The Morgan fingerprint density at radius 3 is 2.80 bits per heavy atom. The number of hydrogen-bond acceptors (Lipinski definition) is 6. The summed E-state index contributed by atoms with van der Waals surface area (Å²) in [6.07, 6.45) is 0. The van der Waals surface area contributed by atoms with Crippen LogP contribution in [0.5, 0.6) is 0 Å². The first-order valence-electron chi connectivity index (χ1n) is 7.49. The maximum absolute atomic E-state index is 12.1. The van der Waals surface area contributed by atoms with E-state index in [9.17, 15) is 9.59 Å². The maximum atomic E-state index is 12.1. The van der Waals surface area contributed by atoms with Crippen LogP contribution in [0.1, 0.15) is 0 Å². The van der Waals surface area contributed by atoms with Crippen molar-refractivity contribution in [1.29, 1.82) is 0 Å². The van der Waals surface area contributed by atoms with Gasteiger partial charge in [-0.15, -0.1) is 0 Å². The van der Waals surface area contributed by atoms with E-state index in [0.29, 0.717) is 22.1 Å². The number of rotatable bonds is 4. The summed E-state index contributed by atoms with van der Waals surface area (Å²) in [4.78, 5) is 27.6. The number of nitrogens with zero attached hydrogens (tertiary/aromatic N) is 1. The first kappa shape index (κ1) is 15.5. The van der Waals surface area contributed by atoms with Gasteiger partial charge in [0, 0.05) is 17.1 Å². The molecule has 1 N–H and O–H groups in total. The predicted octanol–water partition coefficient (Wildman–Crippen LogP) is 3.67. The van der Waals surface area contributed by atoms with Crippen LogP contribution in [0.3, 0.4) is 0 Å². The summed E-state index contributed by atoms with van der Waals surface area (Å²) < 4.78 is 10.6. The monoisotopic (exact) mass is 352 g/mol. The average molecular weight is 352 g/mol. The van der Waals surface area contributed by atoms with Gasteiger partial charge in [-0.25, -0.2) is 9.78 Å². The van der Waals surface area contributed by atoms with Gasteiger partial charge in [0.1, 0.15) is 11.1 Å². The number of para-hydroxylation sites is 2. The first-order chi connectivity index (χ1) is 12.2. The smallest absolute Gasteiger partial charge is 0.336 e. The largest absolute Gasteiger partial charge is 0.431 e. The third-order valence-electron chi connectivity index (χ3n) is 3.50. The van der Waals surface area contributed by atoms with Crippen molar-refractivity contribution in [3.63, 3.8) is 0 Å². The molecule has 0 unspecified atom stereocenters. The summed E-state index contributed by atoms with van der Waals surface area (Å²) in [6.45, 7) is 0. The van der Waals surface area contributed by atoms with Gasteiger partial charge in [0.25, 0.3) is 5.22 Å². The van der Waals surface area contributed by atoms with Gasteiger partial charge in [0.2, 0.25) is 5.91 Å². The van der Waals surface area contributed by atoms with Crippen molar-refractivity contribution in [2.24, 2.45) is 0 Å². The van der Waals surface area contributed by atoms with E-state index in [1.165, 1.54) is 17.8 Å². The molecular formula is C18H12N2O4S. The molecule has 0 fully saturated rings. The first-order valence-corrected chi connectivity index (χ1v) is 8.48. The van der Waals surface area contributed by atoms with Crippen LogP contribution in [-0.2, 0) is 4.79 Å². The fourth-order valence-electron chi connectivity index (χ4n) is 2.39. The van der Waals surface area contributed by atoms with Gasteiger partial charge in [-0.1, -0.05) is 23.9 Å². The third kappa shape index (κ3) is 3.41. The Balaban J connectivity index is 1.43. The molecule has 2 aromatic carbocycles. The van der Waals surface area contributed by atoms with Crippen LogP contribution in [0.25, 0.3) is 22.1 Å². The summed E-state index contributed by atoms with van der Waals surface area (Å²) >= 11 is 1.23. The van der Waals surface area contributed by atoms with E-state index in [-0.39, 0.29) is 11.7 Å². The van der Waals surface area contributed by atoms with Crippen LogP contribution in [-0.4, -0.2) is 16.6 Å². The second kappa shape index (κ2) is 6.45. The van der Waals surface area contributed by atoms with E-state index in [0.717, 1.165) is 10.9 Å². The van der Waals surface area contributed by atoms with Crippen molar-refractivity contribution in [3.05, 3.63) is 65.0 Å². The number of amides is 1. The normalized spacial score (nSPS) is 11.0. The minimum atomic E-state index is -0.404. The molecule has 0 bridgehead atoms. The number of carbonyl (C=O) groups is 1. The van der Waals surface area contributed by atoms with Crippen LogP contribution in [0.15, 0.2) is 73.4 Å². The number of aromatic nitrogens is 1. The summed E-state index contributed by atoms with van der Waals surface area (Å²) in [5, 5.41) is 4.00. The molecule has 4 rings (SSSR count). The second-order valence-electron chi connectivity index (χ2n) is 5.29. The zero-order valence-corrected chi connectivity index (χ0v) is 13.7. The Bertz CT molecular complexity index is 1100. The van der Waals surface area contributed by atoms with Gasteiger partial charge >= 0.3 is 5.63 Å². The number of hydrogen-bond donors (Lipinski definition) is 1. The molecule has 0 atom stereocenters. The number of carbonyl (C=O) groups excluding carboxylic acids is 1. The fourth-order valence-corrected chi connectivity index (χ4v) is 3.03. The Kier molecular flexibility index (Phi) is 3.99. The summed E-state index contributed by atoms with van der Waals surface area (Å²) in [7, 11) is 0. The van der Waals surface area contributed by atoms with Gasteiger partial charge in [0.15, 0.2) is 5.58 Å². The highest BCUT2D eigenvalue weighted by molar-refractivity contribution is 7.99. The molecule has 0 saturated carbocycles. The van der Waals surface area contributed by atoms with E-state index < -0.39 is 5.63 Å². The van der Waals surface area contributed by atoms with Gasteiger partial charge in [-0.2, -0.15) is 0 Å². The van der Waals surface area contributed by atoms with Crippen molar-refractivity contribution in [1.82, 2.24) is 4.98 Å². The highest BCUT2D eigenvalue weighted by atomic mass is 32.2. The summed E-state index contributed by atoms with van der Waals surface area (Å²) in [6, 6.07) is 15.5. The van der Waals surface area contributed by atoms with Gasteiger partial charge in [-0.3, -0.25) is 4.79 Å². The lowest BCUT2D eigenvalue weighted by Crippen LogP contribution is -2.13. The molecule has 1 amide bonds. The molecule has 124 valence electrons. The Morgan fingerprint density at radius 2 is 1.92 bits per heavy atom. The lowest BCUT2D eigenvalue weighted by atomic mass is 10.2. The topological polar surface area (TPSA) is 85.3 Å². The molecule has 0 aliphatic carbocycles. The molecule has 0 aliphatic rings. The molecule has 0 aliphatic heterocycles. The van der Waals surface area contributed by atoms with Gasteiger partial charge in [-0.05, 0) is 36.4 Å². The van der Waals surface area contributed by atoms with Crippen LogP contribution in [0, 0.1) is 0 Å². The minimum Gasteiger partial charge on any atom is -0.431 e. The Hall–Kier alpha value is -3.06. The minimum absolute atomic E-state index is 0.175. The quantitative estimate of drug-likeness (QED) is 0.446. The lowest BCUT2D eigenvalue weighted by Gasteiger charge is -2.05. The summed E-state index contributed by atoms with van der Waals surface area (Å²) in [5.74, 6) is -0.00153. The van der Waals surface area contributed by atoms with Crippen molar-refractivity contribution >= 4 is 45.4 Å². The average Bonchev–Trinajstić information content (AvgIpc) is 3.03. The highest BCUT2D eigenvalue weighted by Gasteiger charge is 2.10. The third-order valence-corrected chi connectivity index (χ3v) is 4.33. The zero-order valence-electron chi connectivity index (χ0n) is 12.9. The van der Waals surface area contributed by atoms with Crippen molar-refractivity contribution in [2.75, 3.05) is 11.1 Å². The number of fused-ring (bicyclic) bond motifs is 2. The van der Waals surface area contributed by atoms with Gasteiger partial charge in [0.05, 0.1) is 5.75 Å². The number of thioether (sulfide) groups is 1. The molecule has 4 aromatic rings. The molecule has 6 nitrogen and oxygen atoms in total. The number of benzene rings is 2. The predicted molar refractivity (Wildman–Crippen MR) is 95.8 cm³/mol. The van der Waals surface area contributed by atoms with E-state index >= 15 is 0 Å². The van der Waals surface area contributed by atoms with E-state index in [4.69, 9.17) is 8.83 Å². The summed E-state index contributed by atoms with van der Waals surface area (Å²) in [5.41, 5.74) is 2.16. The highest BCUT2D eigenvalue weighted by Crippen LogP contribution is 2.23. The Labute approximate surface area is 145 Å². The molecule has 7 heteroatoms. The van der Waals surface area contributed by atoms with E-state index in [1.807, 2.05) is 24.3 Å². The standard InChI is InChI=1S/C18H12N2O4S/c21-16(10-25-18-20-13-3-1-2-4-15(13)24-18)19-12-6-7-14-11(9-12)5-8-17(22)23-14/h1-9H,10H2,(H,19,21). The maximum Gasteiger partial charge on any atom is 0.336 e. The zero-order chi connectivity index (χ0) is 17.2. The molecule has 0 spiro atoms. The van der Waals surface area contributed by atoms with Gasteiger partial charge < -0.3 is 14.2 Å². The van der Waals surface area contributed by atoms with Crippen molar-refractivity contribution in [3.8, 4) is 0 Å². The number of nitrogens with one attached hydrogen (secondary N) is 1. The van der Waals surface area contributed by atoms with Crippen molar-refractivity contribution < 1.29 is 13.6 Å². The molecule has 2 heterocycles. The molecular weight excluding hydrogens is 340 g/mol. The van der Waals surface area contributed by atoms with Crippen LogP contribution in [0.4, 0.5) is 5.69 Å². The van der Waals surface area contributed by atoms with E-state index in [2.05, 4.69) is 10.3 Å². The van der Waals surface area contributed by atoms with Crippen LogP contribution >= 0.6 is 11.8 Å². The number of oxazole rings is 1. The molecule has 0 radical (unpaired) electrons.